The molecule has 0 aromatic heterocycles. The van der Waals surface area contributed by atoms with Crippen LogP contribution in [0.5, 0.6) is 0 Å². The Labute approximate surface area is 91.5 Å². The Kier molecular flexibility index (Phi) is 3.75. The number of likely N-dealkylation sites (tertiary alicyclic amines) is 1. The van der Waals surface area contributed by atoms with Gasteiger partial charge in [-0.15, -0.1) is 0 Å². The van der Waals surface area contributed by atoms with E-state index in [0.29, 0.717) is 0 Å². The van der Waals surface area contributed by atoms with Crippen molar-refractivity contribution in [1.29, 1.82) is 0 Å². The maximum Gasteiger partial charge on any atom is 0.128 e. The Hall–Kier alpha value is -0.860. The monoisotopic (exact) mass is 206 g/mol. The van der Waals surface area contributed by atoms with Gasteiger partial charge in [-0.1, -0.05) is 30.3 Å². The van der Waals surface area contributed by atoms with Crippen LogP contribution < -0.4 is 4.90 Å². The predicted octanol–water partition coefficient (Wildman–Crippen LogP) is 0.789. The lowest BCUT2D eigenvalue weighted by atomic mass is 10.1. The van der Waals surface area contributed by atoms with Crippen molar-refractivity contribution >= 4 is 0 Å². The molecule has 15 heavy (non-hydrogen) atoms. The molecule has 2 heteroatoms. The lowest BCUT2D eigenvalue weighted by Gasteiger charge is -2.25. The number of rotatable bonds is 3. The highest BCUT2D eigenvalue weighted by Crippen LogP contribution is 2.09. The van der Waals surface area contributed by atoms with E-state index in [4.69, 9.17) is 0 Å². The topological polar surface area (TPSA) is 24.7 Å². The van der Waals surface area contributed by atoms with Crippen LogP contribution in [0, 0.1) is 0 Å². The first kappa shape index (κ1) is 10.7. The summed E-state index contributed by atoms with van der Waals surface area (Å²) in [6.07, 6.45) is 3.71. The molecular formula is C13H20NO+. The Balaban J connectivity index is 1.88. The normalized spacial score (nSPS) is 20.1. The van der Waals surface area contributed by atoms with Gasteiger partial charge in [0, 0.05) is 0 Å². The molecule has 1 aromatic carbocycles. The second kappa shape index (κ2) is 5.29. The lowest BCUT2D eigenvalue weighted by Crippen LogP contribution is -3.13. The summed E-state index contributed by atoms with van der Waals surface area (Å²) >= 11 is 0. The largest absolute Gasteiger partial charge is 0.382 e. The van der Waals surface area contributed by atoms with Gasteiger partial charge in [0.05, 0.1) is 13.1 Å². The average molecular weight is 206 g/mol. The molecule has 0 spiro atoms. The molecule has 2 rings (SSSR count). The van der Waals surface area contributed by atoms with E-state index in [2.05, 4.69) is 0 Å². The summed E-state index contributed by atoms with van der Waals surface area (Å²) in [6.45, 7) is 3.32. The molecule has 1 fully saturated rings. The summed E-state index contributed by atoms with van der Waals surface area (Å²) in [6, 6.07) is 9.99. The zero-order valence-electron chi connectivity index (χ0n) is 9.15. The average Bonchev–Trinajstić information content (AvgIpc) is 2.31. The minimum absolute atomic E-state index is 0.292. The molecule has 1 atom stereocenters. The van der Waals surface area contributed by atoms with Crippen molar-refractivity contribution in [3.8, 4) is 0 Å². The molecule has 2 nitrogen and oxygen atoms in total. The number of benzene rings is 1. The summed E-state index contributed by atoms with van der Waals surface area (Å²) in [7, 11) is 0. The Morgan fingerprint density at radius 1 is 1.07 bits per heavy atom. The number of hydrogen-bond donors (Lipinski definition) is 2. The fraction of sp³-hybridized carbons (Fsp3) is 0.538. The number of hydrogen-bond acceptors (Lipinski definition) is 1. The van der Waals surface area contributed by atoms with Crippen LogP contribution >= 0.6 is 0 Å². The third-order valence-electron chi connectivity index (χ3n) is 3.23. The molecule has 1 aliphatic rings. The van der Waals surface area contributed by atoms with Crippen LogP contribution in [0.2, 0.25) is 0 Å². The van der Waals surface area contributed by atoms with Crippen LogP contribution in [0.15, 0.2) is 30.3 Å². The van der Waals surface area contributed by atoms with Crippen molar-refractivity contribution in [2.75, 3.05) is 19.6 Å². The van der Waals surface area contributed by atoms with Gasteiger partial charge in [0.2, 0.25) is 0 Å². The number of aliphatic hydroxyl groups is 1. The van der Waals surface area contributed by atoms with Gasteiger partial charge in [-0.25, -0.2) is 0 Å². The maximum atomic E-state index is 10.1. The van der Waals surface area contributed by atoms with E-state index < -0.39 is 0 Å². The van der Waals surface area contributed by atoms with E-state index in [1.165, 1.54) is 32.4 Å². The second-order valence-corrected chi connectivity index (χ2v) is 4.44. The highest BCUT2D eigenvalue weighted by molar-refractivity contribution is 5.17. The summed E-state index contributed by atoms with van der Waals surface area (Å²) in [5.74, 6) is 0. The predicted molar refractivity (Wildman–Crippen MR) is 60.8 cm³/mol. The molecule has 0 bridgehead atoms. The molecule has 1 heterocycles. The quantitative estimate of drug-likeness (QED) is 0.751. The maximum absolute atomic E-state index is 10.1. The molecule has 0 radical (unpaired) electrons. The minimum atomic E-state index is -0.292. The molecule has 0 saturated carbocycles. The molecule has 1 aliphatic heterocycles. The molecule has 1 aromatic rings. The van der Waals surface area contributed by atoms with Gasteiger partial charge < -0.3 is 10.0 Å². The van der Waals surface area contributed by atoms with Crippen LogP contribution in [0.4, 0.5) is 0 Å². The van der Waals surface area contributed by atoms with Crippen LogP contribution in [-0.4, -0.2) is 24.7 Å². The lowest BCUT2D eigenvalue weighted by molar-refractivity contribution is -0.908. The van der Waals surface area contributed by atoms with Gasteiger partial charge in [-0.3, -0.25) is 0 Å². The Morgan fingerprint density at radius 3 is 2.40 bits per heavy atom. The Morgan fingerprint density at radius 2 is 1.73 bits per heavy atom. The van der Waals surface area contributed by atoms with Gasteiger partial charge in [-0.2, -0.15) is 0 Å². The zero-order valence-corrected chi connectivity index (χ0v) is 9.15. The summed E-state index contributed by atoms with van der Waals surface area (Å²) in [5.41, 5.74) is 1.05. The molecular weight excluding hydrogens is 186 g/mol. The van der Waals surface area contributed by atoms with Crippen molar-refractivity contribution in [2.45, 2.75) is 25.4 Å². The van der Waals surface area contributed by atoms with E-state index in [-0.39, 0.29) is 6.10 Å². The first-order valence-corrected chi connectivity index (χ1v) is 5.93. The van der Waals surface area contributed by atoms with Crippen molar-refractivity contribution in [3.05, 3.63) is 35.9 Å². The summed E-state index contributed by atoms with van der Waals surface area (Å²) < 4.78 is 0. The van der Waals surface area contributed by atoms with Crippen molar-refractivity contribution in [3.63, 3.8) is 0 Å². The molecule has 2 N–H and O–H groups in total. The SMILES string of the molecule is O[C@@H](C[NH+]1CCCCC1)c1ccccc1. The molecule has 0 unspecified atom stereocenters. The molecule has 82 valence electrons. The standard InChI is InChI=1S/C13H19NO/c15-13(12-7-3-1-4-8-12)11-14-9-5-2-6-10-14/h1,3-4,7-8,13,15H,2,5-6,9-11H2/p+1/t13-/m0/s1. The van der Waals surface area contributed by atoms with Gasteiger partial charge >= 0.3 is 0 Å². The fourth-order valence-electron chi connectivity index (χ4n) is 2.32. The van der Waals surface area contributed by atoms with Crippen molar-refractivity contribution < 1.29 is 10.0 Å². The Bertz CT molecular complexity index is 280. The third kappa shape index (κ3) is 3.05. The fourth-order valence-corrected chi connectivity index (χ4v) is 2.32. The van der Waals surface area contributed by atoms with E-state index in [1.54, 1.807) is 4.90 Å². The number of quaternary nitrogens is 1. The summed E-state index contributed by atoms with van der Waals surface area (Å²) in [4.78, 5) is 1.55. The highest BCUT2D eigenvalue weighted by Gasteiger charge is 2.18. The van der Waals surface area contributed by atoms with E-state index in [9.17, 15) is 5.11 Å². The van der Waals surface area contributed by atoms with Crippen LogP contribution in [-0.2, 0) is 0 Å². The first-order valence-electron chi connectivity index (χ1n) is 5.93. The van der Waals surface area contributed by atoms with Crippen LogP contribution in [0.25, 0.3) is 0 Å². The van der Waals surface area contributed by atoms with Crippen LogP contribution in [0.3, 0.4) is 0 Å². The number of aliphatic hydroxyl groups excluding tert-OH is 1. The first-order chi connectivity index (χ1) is 7.36. The molecule has 1 saturated heterocycles. The third-order valence-corrected chi connectivity index (χ3v) is 3.23. The van der Waals surface area contributed by atoms with Gasteiger partial charge in [0.25, 0.3) is 0 Å². The summed E-state index contributed by atoms with van der Waals surface area (Å²) in [5, 5.41) is 10.1. The number of nitrogens with one attached hydrogen (secondary N) is 1. The van der Waals surface area contributed by atoms with E-state index >= 15 is 0 Å². The van der Waals surface area contributed by atoms with Gasteiger partial charge in [0.15, 0.2) is 0 Å². The van der Waals surface area contributed by atoms with Crippen molar-refractivity contribution in [2.24, 2.45) is 0 Å². The van der Waals surface area contributed by atoms with Gasteiger partial charge in [0.1, 0.15) is 12.6 Å². The number of piperidine rings is 1. The van der Waals surface area contributed by atoms with E-state index in [0.717, 1.165) is 12.1 Å². The van der Waals surface area contributed by atoms with Crippen LogP contribution in [0.1, 0.15) is 30.9 Å². The van der Waals surface area contributed by atoms with E-state index in [1.807, 2.05) is 30.3 Å². The zero-order chi connectivity index (χ0) is 10.5. The highest BCUT2D eigenvalue weighted by atomic mass is 16.3. The van der Waals surface area contributed by atoms with Crippen molar-refractivity contribution in [1.82, 2.24) is 0 Å². The second-order valence-electron chi connectivity index (χ2n) is 4.44. The molecule has 0 aliphatic carbocycles. The smallest absolute Gasteiger partial charge is 0.128 e. The van der Waals surface area contributed by atoms with Gasteiger partial charge in [-0.05, 0) is 24.8 Å². The molecule has 0 amide bonds. The minimum Gasteiger partial charge on any atom is -0.382 e.